The van der Waals surface area contributed by atoms with Crippen LogP contribution in [0.4, 0.5) is 5.13 Å². The molecule has 0 spiro atoms. The van der Waals surface area contributed by atoms with Crippen molar-refractivity contribution in [3.8, 4) is 0 Å². The fourth-order valence-corrected chi connectivity index (χ4v) is 3.44. The molecule has 3 rings (SSSR count). The van der Waals surface area contributed by atoms with Crippen molar-refractivity contribution in [1.29, 1.82) is 0 Å². The zero-order valence-electron chi connectivity index (χ0n) is 13.1. The van der Waals surface area contributed by atoms with Crippen LogP contribution in [0.1, 0.15) is 36.8 Å². The lowest BCUT2D eigenvalue weighted by Gasteiger charge is -2.26. The van der Waals surface area contributed by atoms with E-state index >= 15 is 0 Å². The normalized spacial score (nSPS) is 20.8. The van der Waals surface area contributed by atoms with Crippen molar-refractivity contribution in [2.75, 3.05) is 31.6 Å². The highest BCUT2D eigenvalue weighted by molar-refractivity contribution is 7.15. The number of piperazine rings is 1. The molecular weight excluding hydrogens is 334 g/mol. The summed E-state index contributed by atoms with van der Waals surface area (Å²) in [6, 6.07) is 0. The molecule has 130 valence electrons. The zero-order valence-corrected chi connectivity index (χ0v) is 13.9. The van der Waals surface area contributed by atoms with Gasteiger partial charge in [-0.2, -0.15) is 0 Å². The monoisotopic (exact) mass is 353 g/mol. The fraction of sp³-hybridized carbons (Fsp3) is 0.643. The van der Waals surface area contributed by atoms with Crippen LogP contribution in [0.25, 0.3) is 0 Å². The van der Waals surface area contributed by atoms with Crippen molar-refractivity contribution in [2.45, 2.75) is 31.8 Å². The molecular formula is C14H19N5O4S. The molecule has 24 heavy (non-hydrogen) atoms. The smallest absolute Gasteiger partial charge is 0.239 e. The van der Waals surface area contributed by atoms with Crippen molar-refractivity contribution in [3.63, 3.8) is 0 Å². The Balaban J connectivity index is 1.43. The van der Waals surface area contributed by atoms with E-state index in [-0.39, 0.29) is 43.2 Å². The third-order valence-corrected chi connectivity index (χ3v) is 4.78. The summed E-state index contributed by atoms with van der Waals surface area (Å²) < 4.78 is 5.52. The van der Waals surface area contributed by atoms with Gasteiger partial charge >= 0.3 is 0 Å². The minimum absolute atomic E-state index is 0.0278. The molecule has 2 fully saturated rings. The summed E-state index contributed by atoms with van der Waals surface area (Å²) in [5.74, 6) is -0.660. The number of aromatic nitrogens is 2. The van der Waals surface area contributed by atoms with Crippen LogP contribution in [0.2, 0.25) is 0 Å². The van der Waals surface area contributed by atoms with Gasteiger partial charge in [-0.25, -0.2) is 0 Å². The summed E-state index contributed by atoms with van der Waals surface area (Å²) in [6.07, 6.45) is 2.01. The standard InChI is InChI=1S/C14H19N5O4S/c20-10(3-4-12(22)19-6-5-15-11(21)8-19)16-14-18-17-13(24-14)9-2-1-7-23-9/h9H,1-8H2,(H,15,21)(H,16,18,20). The number of carbonyl (C=O) groups excluding carboxylic acids is 3. The molecule has 0 aromatic carbocycles. The Bertz CT molecular complexity index is 628. The molecule has 10 heteroatoms. The summed E-state index contributed by atoms with van der Waals surface area (Å²) in [4.78, 5) is 36.7. The van der Waals surface area contributed by atoms with Gasteiger partial charge in [0.1, 0.15) is 11.1 Å². The average molecular weight is 353 g/mol. The third-order valence-electron chi connectivity index (χ3n) is 3.85. The molecule has 1 aromatic rings. The van der Waals surface area contributed by atoms with E-state index in [2.05, 4.69) is 20.8 Å². The summed E-state index contributed by atoms with van der Waals surface area (Å²) in [6.45, 7) is 1.71. The van der Waals surface area contributed by atoms with Crippen molar-refractivity contribution in [1.82, 2.24) is 20.4 Å². The van der Waals surface area contributed by atoms with Crippen LogP contribution >= 0.6 is 11.3 Å². The Morgan fingerprint density at radius 1 is 1.38 bits per heavy atom. The second-order valence-electron chi connectivity index (χ2n) is 5.66. The molecule has 0 saturated carbocycles. The maximum Gasteiger partial charge on any atom is 0.239 e. The van der Waals surface area contributed by atoms with Crippen LogP contribution in [0, 0.1) is 0 Å². The van der Waals surface area contributed by atoms with Gasteiger partial charge in [-0.05, 0) is 12.8 Å². The Morgan fingerprint density at radius 3 is 3.00 bits per heavy atom. The molecule has 1 atom stereocenters. The number of hydrogen-bond donors (Lipinski definition) is 2. The first-order valence-electron chi connectivity index (χ1n) is 7.91. The van der Waals surface area contributed by atoms with E-state index in [1.165, 1.54) is 16.2 Å². The van der Waals surface area contributed by atoms with Gasteiger partial charge in [0, 0.05) is 32.5 Å². The number of hydrogen-bond acceptors (Lipinski definition) is 7. The van der Waals surface area contributed by atoms with Gasteiger partial charge in [-0.3, -0.25) is 14.4 Å². The highest BCUT2D eigenvalue weighted by Crippen LogP contribution is 2.31. The number of nitrogens with one attached hydrogen (secondary N) is 2. The number of carbonyl (C=O) groups is 3. The van der Waals surface area contributed by atoms with Crippen LogP contribution < -0.4 is 10.6 Å². The van der Waals surface area contributed by atoms with E-state index in [1.54, 1.807) is 0 Å². The van der Waals surface area contributed by atoms with Gasteiger partial charge in [-0.15, -0.1) is 10.2 Å². The summed E-state index contributed by atoms with van der Waals surface area (Å²) in [5.41, 5.74) is 0. The third kappa shape index (κ3) is 4.26. The molecule has 2 aliphatic heterocycles. The molecule has 9 nitrogen and oxygen atoms in total. The molecule has 3 amide bonds. The van der Waals surface area contributed by atoms with Crippen LogP contribution in [-0.2, 0) is 19.1 Å². The molecule has 0 bridgehead atoms. The number of amides is 3. The van der Waals surface area contributed by atoms with Gasteiger partial charge in [-0.1, -0.05) is 11.3 Å². The number of nitrogens with zero attached hydrogens (tertiary/aromatic N) is 3. The lowest BCUT2D eigenvalue weighted by molar-refractivity contribution is -0.138. The molecule has 1 unspecified atom stereocenters. The second-order valence-corrected chi connectivity index (χ2v) is 6.67. The van der Waals surface area contributed by atoms with E-state index in [1.807, 2.05) is 0 Å². The molecule has 2 N–H and O–H groups in total. The lowest BCUT2D eigenvalue weighted by atomic mass is 10.2. The molecule has 2 saturated heterocycles. The topological polar surface area (TPSA) is 114 Å². The Hall–Kier alpha value is -2.07. The molecule has 2 aliphatic rings. The fourth-order valence-electron chi connectivity index (χ4n) is 2.60. The highest BCUT2D eigenvalue weighted by Gasteiger charge is 2.23. The average Bonchev–Trinajstić information content (AvgIpc) is 3.23. The van der Waals surface area contributed by atoms with Crippen LogP contribution in [0.5, 0.6) is 0 Å². The van der Waals surface area contributed by atoms with E-state index in [9.17, 15) is 14.4 Å². The summed E-state index contributed by atoms with van der Waals surface area (Å²) in [5, 5.41) is 14.5. The van der Waals surface area contributed by atoms with Crippen LogP contribution in [0.3, 0.4) is 0 Å². The van der Waals surface area contributed by atoms with Crippen LogP contribution in [0.15, 0.2) is 0 Å². The van der Waals surface area contributed by atoms with E-state index in [0.29, 0.717) is 18.2 Å². The highest BCUT2D eigenvalue weighted by atomic mass is 32.1. The van der Waals surface area contributed by atoms with Gasteiger partial charge in [0.05, 0.1) is 6.54 Å². The van der Waals surface area contributed by atoms with E-state index in [4.69, 9.17) is 4.74 Å². The minimum Gasteiger partial charge on any atom is -0.371 e. The minimum atomic E-state index is -0.292. The maximum absolute atomic E-state index is 12.0. The van der Waals surface area contributed by atoms with E-state index in [0.717, 1.165) is 24.5 Å². The van der Waals surface area contributed by atoms with Crippen molar-refractivity contribution in [2.24, 2.45) is 0 Å². The van der Waals surface area contributed by atoms with Crippen molar-refractivity contribution < 1.29 is 19.1 Å². The zero-order chi connectivity index (χ0) is 16.9. The quantitative estimate of drug-likeness (QED) is 0.774. The van der Waals surface area contributed by atoms with Gasteiger partial charge in [0.25, 0.3) is 0 Å². The van der Waals surface area contributed by atoms with Gasteiger partial charge in [0.2, 0.25) is 22.9 Å². The van der Waals surface area contributed by atoms with E-state index < -0.39 is 0 Å². The summed E-state index contributed by atoms with van der Waals surface area (Å²) >= 11 is 1.29. The molecule has 0 aliphatic carbocycles. The van der Waals surface area contributed by atoms with Crippen molar-refractivity contribution in [3.05, 3.63) is 5.01 Å². The molecule has 0 radical (unpaired) electrons. The van der Waals surface area contributed by atoms with Crippen LogP contribution in [-0.4, -0.2) is 59.1 Å². The predicted molar refractivity (Wildman–Crippen MR) is 85.3 cm³/mol. The molecule has 3 heterocycles. The molecule has 1 aromatic heterocycles. The Kier molecular flexibility index (Phi) is 5.36. The Labute approximate surface area is 142 Å². The van der Waals surface area contributed by atoms with Gasteiger partial charge in [0.15, 0.2) is 0 Å². The SMILES string of the molecule is O=C1CN(C(=O)CCC(=O)Nc2nnc(C3CCCO3)s2)CCN1. The first-order valence-corrected chi connectivity index (χ1v) is 8.73. The first kappa shape index (κ1) is 16.8. The number of anilines is 1. The summed E-state index contributed by atoms with van der Waals surface area (Å²) in [7, 11) is 0. The van der Waals surface area contributed by atoms with Crippen molar-refractivity contribution >= 4 is 34.2 Å². The maximum atomic E-state index is 12.0. The van der Waals surface area contributed by atoms with Gasteiger partial charge < -0.3 is 20.3 Å². The largest absolute Gasteiger partial charge is 0.371 e. The lowest BCUT2D eigenvalue weighted by Crippen LogP contribution is -2.50. The second kappa shape index (κ2) is 7.67. The number of rotatable bonds is 5. The Morgan fingerprint density at radius 2 is 2.25 bits per heavy atom. The predicted octanol–water partition coefficient (Wildman–Crippen LogP) is 0.0667. The first-order chi connectivity index (χ1) is 11.6. The number of ether oxygens (including phenoxy) is 1.